The number of aliphatic carboxylic acids is 1. The van der Waals surface area contributed by atoms with E-state index in [-0.39, 0.29) is 13.0 Å². The van der Waals surface area contributed by atoms with Crippen molar-refractivity contribution < 1.29 is 19.1 Å². The number of imidazole rings is 1. The third-order valence-corrected chi connectivity index (χ3v) is 2.65. The highest BCUT2D eigenvalue weighted by Crippen LogP contribution is 2.01. The van der Waals surface area contributed by atoms with Crippen LogP contribution in [0.25, 0.3) is 0 Å². The highest BCUT2D eigenvalue weighted by molar-refractivity contribution is 5.82. The lowest BCUT2D eigenvalue weighted by atomic mass is 10.2. The summed E-state index contributed by atoms with van der Waals surface area (Å²) in [5.41, 5.74) is 0.617. The molecule has 9 nitrogen and oxygen atoms in total. The summed E-state index contributed by atoms with van der Waals surface area (Å²) >= 11 is 0. The number of carbonyl (C=O) groups excluding carboxylic acids is 1. The molecule has 0 aliphatic carbocycles. The third kappa shape index (κ3) is 4.34. The lowest BCUT2D eigenvalue weighted by Gasteiger charge is -2.13. The van der Waals surface area contributed by atoms with Crippen molar-refractivity contribution in [3.05, 3.63) is 36.1 Å². The molecule has 1 atom stereocenters. The molecular weight excluding hydrogens is 278 g/mol. The van der Waals surface area contributed by atoms with E-state index in [1.54, 1.807) is 6.92 Å². The van der Waals surface area contributed by atoms with Crippen LogP contribution in [-0.4, -0.2) is 38.1 Å². The first kappa shape index (κ1) is 14.6. The van der Waals surface area contributed by atoms with Gasteiger partial charge in [-0.05, 0) is 6.92 Å². The van der Waals surface area contributed by atoms with E-state index < -0.39 is 18.0 Å². The van der Waals surface area contributed by atoms with Crippen LogP contribution in [0.1, 0.15) is 17.3 Å². The molecule has 9 heteroatoms. The molecule has 2 amide bonds. The van der Waals surface area contributed by atoms with Gasteiger partial charge >= 0.3 is 12.0 Å². The van der Waals surface area contributed by atoms with E-state index in [0.717, 1.165) is 0 Å². The van der Waals surface area contributed by atoms with Crippen LogP contribution in [-0.2, 0) is 17.8 Å². The molecule has 0 saturated carbocycles. The molecule has 21 heavy (non-hydrogen) atoms. The molecule has 0 bridgehead atoms. The van der Waals surface area contributed by atoms with Crippen molar-refractivity contribution in [2.45, 2.75) is 25.9 Å². The summed E-state index contributed by atoms with van der Waals surface area (Å²) in [5.74, 6) is -0.148. The van der Waals surface area contributed by atoms with Gasteiger partial charge in [-0.3, -0.25) is 0 Å². The highest BCUT2D eigenvalue weighted by Gasteiger charge is 2.21. The van der Waals surface area contributed by atoms with E-state index in [1.807, 2.05) is 0 Å². The van der Waals surface area contributed by atoms with Crippen molar-refractivity contribution in [1.82, 2.24) is 25.6 Å². The smallest absolute Gasteiger partial charge is 0.326 e. The first-order valence-electron chi connectivity index (χ1n) is 6.20. The van der Waals surface area contributed by atoms with Crippen LogP contribution in [0.5, 0.6) is 0 Å². The molecule has 0 spiro atoms. The Labute approximate surface area is 119 Å². The van der Waals surface area contributed by atoms with E-state index in [9.17, 15) is 9.59 Å². The van der Waals surface area contributed by atoms with E-state index >= 15 is 0 Å². The van der Waals surface area contributed by atoms with Gasteiger partial charge in [-0.2, -0.15) is 0 Å². The van der Waals surface area contributed by atoms with E-state index in [1.165, 1.54) is 18.7 Å². The summed E-state index contributed by atoms with van der Waals surface area (Å²) in [6.07, 6.45) is 4.60. The molecule has 2 heterocycles. The van der Waals surface area contributed by atoms with Gasteiger partial charge in [0.15, 0.2) is 0 Å². The Kier molecular flexibility index (Phi) is 4.54. The summed E-state index contributed by atoms with van der Waals surface area (Å²) < 4.78 is 5.19. The number of oxazole rings is 1. The van der Waals surface area contributed by atoms with Gasteiger partial charge in [0.25, 0.3) is 0 Å². The van der Waals surface area contributed by atoms with Gasteiger partial charge in [0, 0.05) is 18.3 Å². The van der Waals surface area contributed by atoms with Gasteiger partial charge in [0.05, 0.1) is 19.1 Å². The van der Waals surface area contributed by atoms with Gasteiger partial charge in [-0.15, -0.1) is 0 Å². The number of hydrogen-bond donors (Lipinski definition) is 4. The second kappa shape index (κ2) is 6.55. The molecule has 2 rings (SSSR count). The number of rotatable bonds is 6. The monoisotopic (exact) mass is 293 g/mol. The molecule has 0 fully saturated rings. The summed E-state index contributed by atoms with van der Waals surface area (Å²) in [4.78, 5) is 33.3. The van der Waals surface area contributed by atoms with Crippen molar-refractivity contribution >= 4 is 12.0 Å². The zero-order valence-corrected chi connectivity index (χ0v) is 11.3. The number of amides is 2. The van der Waals surface area contributed by atoms with Crippen molar-refractivity contribution in [3.63, 3.8) is 0 Å². The zero-order chi connectivity index (χ0) is 15.2. The largest absolute Gasteiger partial charge is 0.480 e. The predicted molar refractivity (Wildman–Crippen MR) is 70.3 cm³/mol. The number of aryl methyl sites for hydroxylation is 1. The maximum Gasteiger partial charge on any atom is 0.326 e. The molecule has 0 saturated heterocycles. The Morgan fingerprint density at radius 2 is 2.29 bits per heavy atom. The van der Waals surface area contributed by atoms with Crippen molar-refractivity contribution in [1.29, 1.82) is 0 Å². The van der Waals surface area contributed by atoms with Gasteiger partial charge in [0.1, 0.15) is 11.8 Å². The minimum absolute atomic E-state index is 0.0794. The number of urea groups is 1. The molecule has 0 unspecified atom stereocenters. The summed E-state index contributed by atoms with van der Waals surface area (Å²) in [6, 6.07) is -1.67. The second-order valence-corrected chi connectivity index (χ2v) is 4.36. The fourth-order valence-corrected chi connectivity index (χ4v) is 1.66. The zero-order valence-electron chi connectivity index (χ0n) is 11.3. The van der Waals surface area contributed by atoms with Crippen LogP contribution in [0, 0.1) is 6.92 Å². The molecule has 0 radical (unpaired) electrons. The summed E-state index contributed by atoms with van der Waals surface area (Å²) in [7, 11) is 0. The molecule has 0 aliphatic rings. The average Bonchev–Trinajstić information content (AvgIpc) is 3.07. The normalized spacial score (nSPS) is 11.9. The minimum Gasteiger partial charge on any atom is -0.480 e. The Balaban J connectivity index is 1.84. The summed E-state index contributed by atoms with van der Waals surface area (Å²) in [5, 5.41) is 13.9. The quantitative estimate of drug-likeness (QED) is 0.601. The average molecular weight is 293 g/mol. The van der Waals surface area contributed by atoms with Crippen LogP contribution in [0.15, 0.2) is 23.1 Å². The van der Waals surface area contributed by atoms with Gasteiger partial charge in [-0.25, -0.2) is 19.6 Å². The van der Waals surface area contributed by atoms with Crippen LogP contribution < -0.4 is 10.6 Å². The predicted octanol–water partition coefficient (Wildman–Crippen LogP) is 0.201. The maximum absolute atomic E-state index is 11.7. The Hall–Kier alpha value is -2.84. The Bertz CT molecular complexity index is 607. The van der Waals surface area contributed by atoms with E-state index in [0.29, 0.717) is 17.3 Å². The minimum atomic E-state index is -1.13. The molecule has 4 N–H and O–H groups in total. The third-order valence-electron chi connectivity index (χ3n) is 2.65. The summed E-state index contributed by atoms with van der Waals surface area (Å²) in [6.45, 7) is 1.82. The second-order valence-electron chi connectivity index (χ2n) is 4.36. The highest BCUT2D eigenvalue weighted by atomic mass is 16.4. The molecular formula is C12H15N5O4. The van der Waals surface area contributed by atoms with E-state index in [2.05, 4.69) is 25.6 Å². The Morgan fingerprint density at radius 1 is 1.48 bits per heavy atom. The molecule has 2 aromatic heterocycles. The number of carboxylic acid groups (broad SMARTS) is 1. The lowest BCUT2D eigenvalue weighted by Crippen LogP contribution is -2.47. The van der Waals surface area contributed by atoms with Crippen LogP contribution in [0.3, 0.4) is 0 Å². The standard InChI is InChI=1S/C12H15N5O4/c1-7-3-14-10(21-7)5-15-12(20)17-9(11(18)19)2-8-4-13-6-16-8/h3-4,6,9H,2,5H2,1H3,(H,13,16)(H,18,19)(H2,15,17,20)/t9-/m1/s1. The number of H-pyrrole nitrogens is 1. The number of nitrogens with one attached hydrogen (secondary N) is 3. The lowest BCUT2D eigenvalue weighted by molar-refractivity contribution is -0.139. The molecule has 0 aromatic carbocycles. The van der Waals surface area contributed by atoms with Crippen LogP contribution in [0.2, 0.25) is 0 Å². The van der Waals surface area contributed by atoms with Crippen LogP contribution >= 0.6 is 0 Å². The molecule has 112 valence electrons. The van der Waals surface area contributed by atoms with Gasteiger partial charge in [0.2, 0.25) is 5.89 Å². The number of carboxylic acids is 1. The number of aromatic amines is 1. The van der Waals surface area contributed by atoms with Gasteiger partial charge in [-0.1, -0.05) is 0 Å². The number of nitrogens with zero attached hydrogens (tertiary/aromatic N) is 2. The molecule has 0 aliphatic heterocycles. The van der Waals surface area contributed by atoms with Crippen molar-refractivity contribution in [2.75, 3.05) is 0 Å². The van der Waals surface area contributed by atoms with Crippen molar-refractivity contribution in [2.24, 2.45) is 0 Å². The Morgan fingerprint density at radius 3 is 2.86 bits per heavy atom. The number of hydrogen-bond acceptors (Lipinski definition) is 5. The SMILES string of the molecule is Cc1cnc(CNC(=O)N[C@H](Cc2cnc[nH]2)C(=O)O)o1. The van der Waals surface area contributed by atoms with E-state index in [4.69, 9.17) is 9.52 Å². The topological polar surface area (TPSA) is 133 Å². The number of carbonyl (C=O) groups is 2. The van der Waals surface area contributed by atoms with Gasteiger partial charge < -0.3 is 25.1 Å². The molecule has 2 aromatic rings. The first-order chi connectivity index (χ1) is 10.0. The van der Waals surface area contributed by atoms with Crippen molar-refractivity contribution in [3.8, 4) is 0 Å². The van der Waals surface area contributed by atoms with Crippen LogP contribution in [0.4, 0.5) is 4.79 Å². The first-order valence-corrected chi connectivity index (χ1v) is 6.20. The number of aromatic nitrogens is 3. The maximum atomic E-state index is 11.7. The fraction of sp³-hybridized carbons (Fsp3) is 0.333. The fourth-order valence-electron chi connectivity index (χ4n) is 1.66.